The zero-order valence-electron chi connectivity index (χ0n) is 14.9. The molecule has 2 aliphatic heterocycles. The van der Waals surface area contributed by atoms with Gasteiger partial charge in [0.05, 0.1) is 0 Å². The van der Waals surface area contributed by atoms with E-state index in [1.807, 2.05) is 29.2 Å². The van der Waals surface area contributed by atoms with Crippen molar-refractivity contribution >= 4 is 23.7 Å². The molecule has 1 aromatic carbocycles. The number of benzene rings is 1. The van der Waals surface area contributed by atoms with Gasteiger partial charge in [-0.25, -0.2) is 9.36 Å². The Morgan fingerprint density at radius 3 is 2.52 bits per heavy atom. The molecule has 0 aliphatic carbocycles. The van der Waals surface area contributed by atoms with Crippen LogP contribution in [0.2, 0.25) is 0 Å². The van der Waals surface area contributed by atoms with Crippen LogP contribution in [-0.4, -0.2) is 46.2 Å². The maximum Gasteiger partial charge on any atom is 0.406 e. The highest BCUT2D eigenvalue weighted by molar-refractivity contribution is 6.18. The molecule has 2 aromatic rings. The van der Waals surface area contributed by atoms with Gasteiger partial charge in [0.25, 0.3) is 5.91 Å². The van der Waals surface area contributed by atoms with Gasteiger partial charge < -0.3 is 0 Å². The van der Waals surface area contributed by atoms with Crippen molar-refractivity contribution in [3.63, 3.8) is 0 Å². The van der Waals surface area contributed by atoms with Gasteiger partial charge in [-0.3, -0.25) is 14.6 Å². The van der Waals surface area contributed by atoms with Crippen molar-refractivity contribution in [1.29, 1.82) is 0 Å². The van der Waals surface area contributed by atoms with E-state index in [0.29, 0.717) is 11.8 Å². The lowest BCUT2D eigenvalue weighted by atomic mass is 10.1. The Hall–Kier alpha value is -2.96. The number of hydrogen-bond donors (Lipinski definition) is 0. The summed E-state index contributed by atoms with van der Waals surface area (Å²) in [5.41, 5.74) is 4.29. The minimum Gasteiger partial charge on any atom is -0.270 e. The Morgan fingerprint density at radius 2 is 1.80 bits per heavy atom. The lowest BCUT2D eigenvalue weighted by Gasteiger charge is -2.30. The molecule has 1 fully saturated rings. The van der Waals surface area contributed by atoms with E-state index < -0.39 is 6.04 Å². The Bertz CT molecular complexity index is 972. The summed E-state index contributed by atoms with van der Waals surface area (Å²) in [5, 5.41) is 0. The molecule has 1 aromatic heterocycles. The van der Waals surface area contributed by atoms with E-state index in [9.17, 15) is 9.59 Å². The maximum atomic E-state index is 12.7. The van der Waals surface area contributed by atoms with Gasteiger partial charge in [-0.15, -0.1) is 0 Å². The first kappa shape index (κ1) is 15.6. The van der Waals surface area contributed by atoms with Crippen LogP contribution in [0.1, 0.15) is 22.9 Å². The summed E-state index contributed by atoms with van der Waals surface area (Å²) in [4.78, 5) is 32.1. The van der Waals surface area contributed by atoms with Crippen molar-refractivity contribution in [3.05, 3.63) is 41.2 Å². The average Bonchev–Trinajstić information content (AvgIpc) is 3.08. The first-order valence-corrected chi connectivity index (χ1v) is 8.16. The van der Waals surface area contributed by atoms with Crippen molar-refractivity contribution in [2.24, 2.45) is 4.99 Å². The number of amidine groups is 1. The van der Waals surface area contributed by atoms with Gasteiger partial charge in [-0.2, -0.15) is 4.57 Å². The quantitative estimate of drug-likeness (QED) is 0.745. The summed E-state index contributed by atoms with van der Waals surface area (Å²) in [6, 6.07) is 5.30. The molecular weight excluding hydrogens is 318 g/mol. The Balaban J connectivity index is 1.95. The molecule has 0 radical (unpaired) electrons. The van der Waals surface area contributed by atoms with Gasteiger partial charge >= 0.3 is 12.0 Å². The summed E-state index contributed by atoms with van der Waals surface area (Å²) >= 11 is 0. The molecule has 2 aliphatic rings. The second-order valence-electron chi connectivity index (χ2n) is 6.71. The molecule has 1 unspecified atom stereocenters. The van der Waals surface area contributed by atoms with Crippen molar-refractivity contribution in [1.82, 2.24) is 14.4 Å². The topological polar surface area (TPSA) is 61.8 Å². The van der Waals surface area contributed by atoms with Gasteiger partial charge in [0.1, 0.15) is 17.6 Å². The summed E-state index contributed by atoms with van der Waals surface area (Å²) in [6.45, 7) is 6.09. The highest BCUT2D eigenvalue weighted by Gasteiger charge is 2.52. The van der Waals surface area contributed by atoms with Gasteiger partial charge in [-0.1, -0.05) is 17.1 Å². The van der Waals surface area contributed by atoms with Crippen molar-refractivity contribution < 1.29 is 14.2 Å². The Labute approximate surface area is 145 Å². The van der Waals surface area contributed by atoms with Gasteiger partial charge in [0.2, 0.25) is 11.9 Å². The predicted octanol–water partition coefficient (Wildman–Crippen LogP) is 1.80. The van der Waals surface area contributed by atoms with E-state index in [2.05, 4.69) is 30.1 Å². The number of nitrogens with zero attached hydrogens (tertiary/aromatic N) is 5. The van der Waals surface area contributed by atoms with Crippen molar-refractivity contribution in [2.45, 2.75) is 26.8 Å². The van der Waals surface area contributed by atoms with Crippen LogP contribution in [0.15, 0.2) is 29.4 Å². The number of urea groups is 1. The third-order valence-corrected chi connectivity index (χ3v) is 4.93. The highest BCUT2D eigenvalue weighted by Crippen LogP contribution is 2.31. The Morgan fingerprint density at radius 1 is 1.08 bits per heavy atom. The van der Waals surface area contributed by atoms with E-state index in [-0.39, 0.29) is 11.9 Å². The molecule has 0 saturated carbocycles. The average molecular weight is 338 g/mol. The second-order valence-corrected chi connectivity index (χ2v) is 6.71. The lowest BCUT2D eigenvalue weighted by molar-refractivity contribution is -0.676. The number of aryl methyl sites for hydroxylation is 3. The molecule has 0 spiro atoms. The van der Waals surface area contributed by atoms with Crippen LogP contribution in [0, 0.1) is 20.8 Å². The molecule has 7 nitrogen and oxygen atoms in total. The van der Waals surface area contributed by atoms with Crippen molar-refractivity contribution in [3.8, 4) is 5.69 Å². The molecule has 0 bridgehead atoms. The molecule has 3 amide bonds. The van der Waals surface area contributed by atoms with Gasteiger partial charge in [0, 0.05) is 14.1 Å². The fourth-order valence-corrected chi connectivity index (χ4v) is 3.52. The number of carbonyl (C=O) groups is 2. The fraction of sp³-hybridized carbons (Fsp3) is 0.333. The third-order valence-electron chi connectivity index (χ3n) is 4.93. The maximum absolute atomic E-state index is 12.7. The van der Waals surface area contributed by atoms with Gasteiger partial charge in [-0.05, 0) is 38.0 Å². The third kappa shape index (κ3) is 1.98. The van der Waals surface area contributed by atoms with Crippen LogP contribution in [0.3, 0.4) is 0 Å². The van der Waals surface area contributed by atoms with E-state index in [1.54, 1.807) is 7.05 Å². The number of likely N-dealkylation sites (N-methyl/N-ethyl adjacent to an activating group) is 2. The number of aliphatic imine (C=N–C) groups is 1. The zero-order valence-corrected chi connectivity index (χ0v) is 14.9. The van der Waals surface area contributed by atoms with Crippen LogP contribution in [0.4, 0.5) is 10.7 Å². The molecule has 3 heterocycles. The highest BCUT2D eigenvalue weighted by atomic mass is 16.2. The van der Waals surface area contributed by atoms with E-state index >= 15 is 0 Å². The summed E-state index contributed by atoms with van der Waals surface area (Å²) < 4.78 is 3.90. The number of fused-ring (bicyclic) bond motifs is 3. The molecule has 4 rings (SSSR count). The van der Waals surface area contributed by atoms with E-state index in [1.165, 1.54) is 11.9 Å². The first-order chi connectivity index (χ1) is 11.8. The standard InChI is InChI=1S/C18H20N5O2/c1-10-6-7-11(2)13(8-10)23-12(3)9-22-14-15(19-17(22)23)20(4)18(25)21(5)16(14)24/h6-9,14H,1-5H3/q+1. The molecule has 0 N–H and O–H groups in total. The largest absolute Gasteiger partial charge is 0.406 e. The smallest absolute Gasteiger partial charge is 0.270 e. The van der Waals surface area contributed by atoms with E-state index in [0.717, 1.165) is 27.4 Å². The first-order valence-electron chi connectivity index (χ1n) is 8.16. The van der Waals surface area contributed by atoms with E-state index in [4.69, 9.17) is 0 Å². The fourth-order valence-electron chi connectivity index (χ4n) is 3.52. The monoisotopic (exact) mass is 338 g/mol. The molecular formula is C18H20N5O2+. The number of amides is 3. The van der Waals surface area contributed by atoms with Gasteiger partial charge in [0.15, 0.2) is 0 Å². The van der Waals surface area contributed by atoms with Crippen LogP contribution >= 0.6 is 0 Å². The summed E-state index contributed by atoms with van der Waals surface area (Å²) in [6.07, 6.45) is 1.92. The number of aromatic nitrogens is 2. The number of rotatable bonds is 1. The molecule has 128 valence electrons. The normalized spacial score (nSPS) is 19.2. The zero-order chi connectivity index (χ0) is 18.0. The number of imidazole rings is 1. The lowest BCUT2D eigenvalue weighted by Crippen LogP contribution is -2.61. The number of imide groups is 1. The molecule has 25 heavy (non-hydrogen) atoms. The second kappa shape index (κ2) is 5.02. The summed E-state index contributed by atoms with van der Waals surface area (Å²) in [5.74, 6) is 0.875. The SMILES string of the molecule is Cc1ccc(C)c(-n2c(C)c[n+]3c2N=C2C3C(=O)N(C)C(=O)N2C)c1. The van der Waals surface area contributed by atoms with Crippen LogP contribution in [0.25, 0.3) is 5.69 Å². The van der Waals surface area contributed by atoms with Crippen molar-refractivity contribution in [2.75, 3.05) is 14.1 Å². The minimum absolute atomic E-state index is 0.260. The molecule has 1 saturated heterocycles. The number of hydrogen-bond acceptors (Lipinski definition) is 3. The number of carbonyl (C=O) groups excluding carboxylic acids is 2. The van der Waals surface area contributed by atoms with Crippen LogP contribution in [-0.2, 0) is 4.79 Å². The predicted molar refractivity (Wildman–Crippen MR) is 92.2 cm³/mol. The summed E-state index contributed by atoms with van der Waals surface area (Å²) in [7, 11) is 3.16. The van der Waals surface area contributed by atoms with Crippen LogP contribution in [0.5, 0.6) is 0 Å². The van der Waals surface area contributed by atoms with Crippen LogP contribution < -0.4 is 4.57 Å². The minimum atomic E-state index is -0.590. The Kier molecular flexibility index (Phi) is 3.12. The molecule has 1 atom stereocenters. The molecule has 7 heteroatoms.